The van der Waals surface area contributed by atoms with Crippen LogP contribution >= 0.6 is 0 Å². The third kappa shape index (κ3) is 6.24. The second-order valence-corrected chi connectivity index (χ2v) is 14.7. The summed E-state index contributed by atoms with van der Waals surface area (Å²) in [5.41, 5.74) is 2.05. The fraction of sp³-hybridized carbons (Fsp3) is 0.800. The van der Waals surface area contributed by atoms with Crippen LogP contribution in [0.25, 0.3) is 0 Å². The van der Waals surface area contributed by atoms with Crippen molar-refractivity contribution in [2.75, 3.05) is 7.11 Å². The maximum atomic E-state index is 5.54. The largest absolute Gasteiger partial charge is 0.416 e. The smallest absolute Gasteiger partial charge is 0.212 e. The molecule has 78 valence electrons. The van der Waals surface area contributed by atoms with Crippen molar-refractivity contribution in [1.82, 2.24) is 0 Å². The van der Waals surface area contributed by atoms with Gasteiger partial charge in [-0.2, -0.15) is 0 Å². The average Bonchev–Trinajstić information content (AvgIpc) is 2.02. The maximum absolute atomic E-state index is 5.54. The monoisotopic (exact) mass is 216 g/mol. The van der Waals surface area contributed by atoms with Gasteiger partial charge in [0.15, 0.2) is 0 Å². The van der Waals surface area contributed by atoms with Crippen molar-refractivity contribution < 1.29 is 4.43 Å². The molecule has 1 unspecified atom stereocenters. The number of hydrogen-bond donors (Lipinski definition) is 0. The van der Waals surface area contributed by atoms with E-state index >= 15 is 0 Å². The molecule has 1 nitrogen and oxygen atoms in total. The first kappa shape index (κ1) is 13.1. The van der Waals surface area contributed by atoms with Crippen molar-refractivity contribution in [2.45, 2.75) is 44.7 Å². The first-order valence-corrected chi connectivity index (χ1v) is 11.4. The van der Waals surface area contributed by atoms with Gasteiger partial charge in [0.1, 0.15) is 0 Å². The molecule has 0 bridgehead atoms. The van der Waals surface area contributed by atoms with E-state index in [2.05, 4.69) is 38.5 Å². The molecule has 13 heavy (non-hydrogen) atoms. The van der Waals surface area contributed by atoms with E-state index in [0.717, 1.165) is 0 Å². The van der Waals surface area contributed by atoms with Crippen LogP contribution in [0.2, 0.25) is 38.3 Å². The van der Waals surface area contributed by atoms with Gasteiger partial charge in [-0.1, -0.05) is 37.8 Å². The van der Waals surface area contributed by atoms with Crippen LogP contribution in [0.4, 0.5) is 0 Å². The molecule has 0 aliphatic rings. The lowest BCUT2D eigenvalue weighted by molar-refractivity contribution is 0.407. The van der Waals surface area contributed by atoms with Gasteiger partial charge in [-0.25, -0.2) is 0 Å². The zero-order chi connectivity index (χ0) is 10.5. The highest BCUT2D eigenvalue weighted by Gasteiger charge is 2.24. The minimum Gasteiger partial charge on any atom is -0.416 e. The third-order valence-corrected chi connectivity index (χ3v) is 7.49. The lowest BCUT2D eigenvalue weighted by Crippen LogP contribution is -2.31. The molecule has 0 aromatic rings. The molecule has 0 spiro atoms. The Hall–Kier alpha value is 0.134. The molecule has 3 heteroatoms. The van der Waals surface area contributed by atoms with Crippen LogP contribution in [0.3, 0.4) is 0 Å². The minimum atomic E-state index is -1.51. The van der Waals surface area contributed by atoms with Crippen LogP contribution in [0.15, 0.2) is 12.3 Å². The molecule has 0 rings (SSSR count). The predicted octanol–water partition coefficient (Wildman–Crippen LogP) is 3.66. The zero-order valence-electron chi connectivity index (χ0n) is 9.81. The highest BCUT2D eigenvalue weighted by molar-refractivity contribution is 6.78. The normalized spacial score (nSPS) is 16.7. The van der Waals surface area contributed by atoms with Crippen molar-refractivity contribution in [2.24, 2.45) is 0 Å². The molecule has 0 amide bonds. The van der Waals surface area contributed by atoms with Gasteiger partial charge in [0.2, 0.25) is 8.32 Å². The summed E-state index contributed by atoms with van der Waals surface area (Å²) in [4.78, 5) is 0. The van der Waals surface area contributed by atoms with E-state index in [1.54, 1.807) is 0 Å². The topological polar surface area (TPSA) is 9.23 Å². The van der Waals surface area contributed by atoms with Crippen molar-refractivity contribution in [3.05, 3.63) is 12.3 Å². The molecule has 0 aromatic carbocycles. The van der Waals surface area contributed by atoms with Gasteiger partial charge in [0, 0.05) is 15.2 Å². The summed E-state index contributed by atoms with van der Waals surface area (Å²) in [5, 5.41) is 0. The van der Waals surface area contributed by atoms with Crippen LogP contribution in [0.5, 0.6) is 0 Å². The molecular formula is C10H24OSi2. The Labute approximate surface area is 85.3 Å². The van der Waals surface area contributed by atoms with Crippen molar-refractivity contribution in [3.8, 4) is 0 Å². The molecule has 0 heterocycles. The average molecular weight is 216 g/mol. The van der Waals surface area contributed by atoms with E-state index in [0.29, 0.717) is 0 Å². The molecule has 1 atom stereocenters. The first-order chi connectivity index (χ1) is 5.83. The van der Waals surface area contributed by atoms with E-state index in [1.165, 1.54) is 18.5 Å². The fourth-order valence-corrected chi connectivity index (χ4v) is 4.30. The molecule has 0 fully saturated rings. The quantitative estimate of drug-likeness (QED) is 0.616. The summed E-state index contributed by atoms with van der Waals surface area (Å²) in [7, 11) is -0.539. The molecule has 0 aliphatic carbocycles. The summed E-state index contributed by atoms with van der Waals surface area (Å²) >= 11 is 0. The lowest BCUT2D eigenvalue weighted by atomic mass is 10.6. The van der Waals surface area contributed by atoms with Crippen LogP contribution < -0.4 is 0 Å². The van der Waals surface area contributed by atoms with Gasteiger partial charge in [0.25, 0.3) is 0 Å². The summed E-state index contributed by atoms with van der Waals surface area (Å²) in [6.07, 6.45) is 1.32. The van der Waals surface area contributed by atoms with Crippen molar-refractivity contribution in [1.29, 1.82) is 0 Å². The SMILES string of the molecule is C=C[Si](C)(CCC[Si](C)(C)C)OC. The van der Waals surface area contributed by atoms with Crippen LogP contribution in [0, 0.1) is 0 Å². The van der Waals surface area contributed by atoms with Gasteiger partial charge in [-0.05, 0) is 12.6 Å². The Morgan fingerprint density at radius 1 is 1.15 bits per heavy atom. The number of hydrogen-bond acceptors (Lipinski definition) is 1. The van der Waals surface area contributed by atoms with E-state index < -0.39 is 16.4 Å². The second kappa shape index (κ2) is 5.12. The molecule has 0 radical (unpaired) electrons. The Morgan fingerprint density at radius 3 is 2.00 bits per heavy atom. The van der Waals surface area contributed by atoms with Gasteiger partial charge in [-0.15, -0.1) is 6.58 Å². The molecular weight excluding hydrogens is 192 g/mol. The Bertz CT molecular complexity index is 163. The standard InChI is InChI=1S/C10H24OSi2/c1-7-13(6,11-2)10-8-9-12(3,4)5/h7H,1,8-10H2,2-6H3. The Balaban J connectivity index is 3.81. The van der Waals surface area contributed by atoms with Gasteiger partial charge >= 0.3 is 0 Å². The molecule has 0 aliphatic heterocycles. The second-order valence-electron chi connectivity index (χ2n) is 5.14. The number of rotatable bonds is 6. The van der Waals surface area contributed by atoms with Gasteiger partial charge < -0.3 is 4.43 Å². The summed E-state index contributed by atoms with van der Waals surface area (Å²) in [5.74, 6) is 0. The first-order valence-electron chi connectivity index (χ1n) is 5.02. The van der Waals surface area contributed by atoms with E-state index in [9.17, 15) is 0 Å². The van der Waals surface area contributed by atoms with Gasteiger partial charge in [0.05, 0.1) is 0 Å². The van der Waals surface area contributed by atoms with Crippen LogP contribution in [-0.4, -0.2) is 23.5 Å². The molecule has 0 N–H and O–H groups in total. The van der Waals surface area contributed by atoms with E-state index in [4.69, 9.17) is 4.43 Å². The van der Waals surface area contributed by atoms with Gasteiger partial charge in [-0.3, -0.25) is 0 Å². The highest BCUT2D eigenvalue weighted by atomic mass is 28.4. The predicted molar refractivity (Wildman–Crippen MR) is 66.4 cm³/mol. The summed E-state index contributed by atoms with van der Waals surface area (Å²) < 4.78 is 5.54. The van der Waals surface area contributed by atoms with Crippen molar-refractivity contribution >= 4 is 16.4 Å². The maximum Gasteiger partial charge on any atom is 0.212 e. The minimum absolute atomic E-state index is 0.850. The summed E-state index contributed by atoms with van der Waals surface area (Å²) in [6.45, 7) is 13.4. The molecule has 0 saturated carbocycles. The zero-order valence-corrected chi connectivity index (χ0v) is 11.8. The fourth-order valence-electron chi connectivity index (χ4n) is 1.26. The van der Waals surface area contributed by atoms with Crippen LogP contribution in [0.1, 0.15) is 6.42 Å². The molecule has 0 aromatic heterocycles. The van der Waals surface area contributed by atoms with Crippen LogP contribution in [-0.2, 0) is 4.43 Å². The Kier molecular flexibility index (Phi) is 5.18. The third-order valence-electron chi connectivity index (χ3n) is 2.50. The van der Waals surface area contributed by atoms with E-state index in [1.807, 2.05) is 7.11 Å². The summed E-state index contributed by atoms with van der Waals surface area (Å²) in [6, 6.07) is 2.64. The lowest BCUT2D eigenvalue weighted by Gasteiger charge is -2.23. The van der Waals surface area contributed by atoms with E-state index in [-0.39, 0.29) is 0 Å². The van der Waals surface area contributed by atoms with Crippen molar-refractivity contribution in [3.63, 3.8) is 0 Å². The highest BCUT2D eigenvalue weighted by Crippen LogP contribution is 2.20. The molecule has 0 saturated heterocycles. The Morgan fingerprint density at radius 2 is 1.69 bits per heavy atom.